The summed E-state index contributed by atoms with van der Waals surface area (Å²) in [6.45, 7) is 6.34. The number of rotatable bonds is 5. The van der Waals surface area contributed by atoms with Gasteiger partial charge in [0.2, 0.25) is 0 Å². The zero-order chi connectivity index (χ0) is 20.4. The number of carbonyl (C=O) groups excluding carboxylic acids is 1. The van der Waals surface area contributed by atoms with Gasteiger partial charge in [0, 0.05) is 12.3 Å². The van der Waals surface area contributed by atoms with Crippen molar-refractivity contribution in [1.29, 1.82) is 0 Å². The number of hydrogen-bond acceptors (Lipinski definition) is 2. The highest BCUT2D eigenvalue weighted by atomic mass is 16.5. The van der Waals surface area contributed by atoms with E-state index in [0.29, 0.717) is 0 Å². The molecule has 0 fully saturated rings. The number of esters is 1. The predicted octanol–water partition coefficient (Wildman–Crippen LogP) is 6.56. The van der Waals surface area contributed by atoms with E-state index in [1.807, 2.05) is 13.0 Å². The van der Waals surface area contributed by atoms with Gasteiger partial charge in [-0.2, -0.15) is 0 Å². The lowest BCUT2D eigenvalue weighted by Gasteiger charge is -2.23. The predicted molar refractivity (Wildman–Crippen MR) is 118 cm³/mol. The monoisotopic (exact) mass is 384 g/mol. The smallest absolute Gasteiger partial charge is 0.338 e. The van der Waals surface area contributed by atoms with E-state index >= 15 is 0 Å². The van der Waals surface area contributed by atoms with E-state index < -0.39 is 0 Å². The molecule has 2 nitrogen and oxygen atoms in total. The van der Waals surface area contributed by atoms with Gasteiger partial charge in [-0.15, -0.1) is 0 Å². The number of fused-ring (bicyclic) bond motifs is 1. The topological polar surface area (TPSA) is 26.3 Å². The number of hydrogen-bond donors (Lipinski definition) is 0. The first-order chi connectivity index (χ1) is 14.0. The average molecular weight is 385 g/mol. The minimum atomic E-state index is -0.199. The molecule has 2 unspecified atom stereocenters. The first-order valence-electron chi connectivity index (χ1n) is 10.6. The van der Waals surface area contributed by atoms with E-state index in [-0.39, 0.29) is 18.0 Å². The molecule has 0 saturated carbocycles. The van der Waals surface area contributed by atoms with Crippen molar-refractivity contribution in [3.05, 3.63) is 94.5 Å². The third-order valence-corrected chi connectivity index (χ3v) is 5.91. The summed E-state index contributed by atoms with van der Waals surface area (Å²) < 4.78 is 5.40. The summed E-state index contributed by atoms with van der Waals surface area (Å²) in [4.78, 5) is 12.3. The molecule has 3 aromatic rings. The Morgan fingerprint density at radius 1 is 0.931 bits per heavy atom. The number of cyclic esters (lactones) is 1. The van der Waals surface area contributed by atoms with Crippen LogP contribution in [0.2, 0.25) is 0 Å². The van der Waals surface area contributed by atoms with Crippen LogP contribution in [0, 0.1) is 0 Å². The number of ether oxygens (including phenoxy) is 1. The van der Waals surface area contributed by atoms with Crippen LogP contribution in [0.3, 0.4) is 0 Å². The molecule has 1 heterocycles. The highest BCUT2D eigenvalue weighted by Crippen LogP contribution is 2.30. The van der Waals surface area contributed by atoms with Gasteiger partial charge in [-0.25, -0.2) is 4.79 Å². The Labute approximate surface area is 173 Å². The van der Waals surface area contributed by atoms with Crippen LogP contribution in [0.25, 0.3) is 11.1 Å². The number of carbonyl (C=O) groups is 1. The molecule has 0 radical (unpaired) electrons. The van der Waals surface area contributed by atoms with Crippen molar-refractivity contribution < 1.29 is 9.53 Å². The van der Waals surface area contributed by atoms with Crippen molar-refractivity contribution in [2.24, 2.45) is 0 Å². The van der Waals surface area contributed by atoms with Crippen LogP contribution < -0.4 is 0 Å². The zero-order valence-corrected chi connectivity index (χ0v) is 17.4. The van der Waals surface area contributed by atoms with Gasteiger partial charge in [0.1, 0.15) is 6.10 Å². The van der Waals surface area contributed by atoms with Crippen LogP contribution in [0.1, 0.15) is 65.7 Å². The van der Waals surface area contributed by atoms with Crippen LogP contribution in [0.5, 0.6) is 0 Å². The Morgan fingerprint density at radius 2 is 1.55 bits per heavy atom. The molecule has 0 amide bonds. The van der Waals surface area contributed by atoms with Gasteiger partial charge in [0.15, 0.2) is 0 Å². The van der Waals surface area contributed by atoms with E-state index in [1.54, 1.807) is 0 Å². The molecule has 0 N–H and O–H groups in total. The third-order valence-electron chi connectivity index (χ3n) is 5.91. The van der Waals surface area contributed by atoms with E-state index in [4.69, 9.17) is 4.74 Å². The molecule has 1 aliphatic rings. The molecule has 0 aliphatic carbocycles. The molecule has 0 aromatic heterocycles. The van der Waals surface area contributed by atoms with Crippen molar-refractivity contribution in [2.75, 3.05) is 0 Å². The molecule has 2 atom stereocenters. The second-order valence-corrected chi connectivity index (χ2v) is 8.13. The van der Waals surface area contributed by atoms with E-state index in [0.717, 1.165) is 29.5 Å². The van der Waals surface area contributed by atoms with Crippen molar-refractivity contribution >= 4 is 5.97 Å². The van der Waals surface area contributed by atoms with Crippen LogP contribution >= 0.6 is 0 Å². The first-order valence-corrected chi connectivity index (χ1v) is 10.6. The van der Waals surface area contributed by atoms with Crippen molar-refractivity contribution in [2.45, 2.75) is 52.1 Å². The average Bonchev–Trinajstić information content (AvgIpc) is 2.74. The van der Waals surface area contributed by atoms with Crippen LogP contribution in [-0.2, 0) is 17.6 Å². The summed E-state index contributed by atoms with van der Waals surface area (Å²) in [5.74, 6) is 0.0168. The fourth-order valence-corrected chi connectivity index (χ4v) is 4.14. The maximum atomic E-state index is 12.3. The quantitative estimate of drug-likeness (QED) is 0.466. The van der Waals surface area contributed by atoms with Crippen molar-refractivity contribution in [3.8, 4) is 11.1 Å². The Hall–Kier alpha value is -2.87. The maximum absolute atomic E-state index is 12.3. The fraction of sp³-hybridized carbons (Fsp3) is 0.296. The van der Waals surface area contributed by atoms with E-state index in [1.165, 1.54) is 28.7 Å². The molecule has 148 valence electrons. The van der Waals surface area contributed by atoms with Gasteiger partial charge >= 0.3 is 5.97 Å². The minimum absolute atomic E-state index is 0.0399. The maximum Gasteiger partial charge on any atom is 0.338 e. The SMILES string of the molecule is CCCc1ccc(-c2ccc(C(C)c3ccc4c(c3)C(=O)OC(C)C4)cc2)cc1. The normalized spacial score (nSPS) is 16.8. The highest BCUT2D eigenvalue weighted by Gasteiger charge is 2.24. The van der Waals surface area contributed by atoms with Crippen LogP contribution in [-0.4, -0.2) is 12.1 Å². The second kappa shape index (κ2) is 8.24. The summed E-state index contributed by atoms with van der Waals surface area (Å²) in [6.07, 6.45) is 3.05. The lowest BCUT2D eigenvalue weighted by molar-refractivity contribution is 0.0301. The molecule has 0 bridgehead atoms. The largest absolute Gasteiger partial charge is 0.459 e. The zero-order valence-electron chi connectivity index (χ0n) is 17.4. The van der Waals surface area contributed by atoms with Gasteiger partial charge < -0.3 is 4.74 Å². The molecular weight excluding hydrogens is 356 g/mol. The van der Waals surface area contributed by atoms with E-state index in [2.05, 4.69) is 74.5 Å². The summed E-state index contributed by atoms with van der Waals surface area (Å²) >= 11 is 0. The van der Waals surface area contributed by atoms with Gasteiger partial charge in [-0.05, 0) is 52.8 Å². The Bertz CT molecular complexity index is 1000. The van der Waals surface area contributed by atoms with Gasteiger partial charge in [-0.3, -0.25) is 0 Å². The standard InChI is InChI=1S/C27H28O2/c1-4-5-20-6-8-22(9-7-20)23-12-10-21(11-13-23)19(3)24-14-15-25-16-18(2)29-27(28)26(25)17-24/h6-15,17-19H,4-5,16H2,1-3H3. The lowest BCUT2D eigenvalue weighted by atomic mass is 9.88. The number of benzene rings is 3. The summed E-state index contributed by atoms with van der Waals surface area (Å²) in [5, 5.41) is 0. The summed E-state index contributed by atoms with van der Waals surface area (Å²) in [5.41, 5.74) is 8.06. The molecule has 3 aromatic carbocycles. The van der Waals surface area contributed by atoms with Crippen molar-refractivity contribution in [3.63, 3.8) is 0 Å². The molecule has 0 spiro atoms. The Balaban J connectivity index is 1.54. The first kappa shape index (κ1) is 19.4. The number of aryl methyl sites for hydroxylation is 1. The second-order valence-electron chi connectivity index (χ2n) is 8.13. The van der Waals surface area contributed by atoms with Crippen LogP contribution in [0.15, 0.2) is 66.7 Å². The van der Waals surface area contributed by atoms with Gasteiger partial charge in [-0.1, -0.05) is 80.9 Å². The molecule has 4 rings (SSSR count). The summed E-state index contributed by atoms with van der Waals surface area (Å²) in [6, 6.07) is 23.9. The Morgan fingerprint density at radius 3 is 2.21 bits per heavy atom. The van der Waals surface area contributed by atoms with Gasteiger partial charge in [0.05, 0.1) is 5.56 Å². The minimum Gasteiger partial charge on any atom is -0.459 e. The fourth-order valence-electron chi connectivity index (χ4n) is 4.14. The molecule has 0 saturated heterocycles. The highest BCUT2D eigenvalue weighted by molar-refractivity contribution is 5.92. The molecule has 29 heavy (non-hydrogen) atoms. The van der Waals surface area contributed by atoms with Gasteiger partial charge in [0.25, 0.3) is 0 Å². The molecule has 2 heteroatoms. The lowest BCUT2D eigenvalue weighted by Crippen LogP contribution is -2.25. The summed E-state index contributed by atoms with van der Waals surface area (Å²) in [7, 11) is 0. The molecule has 1 aliphatic heterocycles. The Kier molecular flexibility index (Phi) is 5.53. The third kappa shape index (κ3) is 4.12. The van der Waals surface area contributed by atoms with Crippen molar-refractivity contribution in [1.82, 2.24) is 0 Å². The van der Waals surface area contributed by atoms with Crippen LogP contribution in [0.4, 0.5) is 0 Å². The molecular formula is C27H28O2. The van der Waals surface area contributed by atoms with E-state index in [9.17, 15) is 4.79 Å².